The van der Waals surface area contributed by atoms with E-state index >= 15 is 0 Å². The minimum absolute atomic E-state index is 0. The Kier molecular flexibility index (Phi) is 7.00. The van der Waals surface area contributed by atoms with Gasteiger partial charge in [-0.1, -0.05) is 12.1 Å². The molecule has 114 valence electrons. The van der Waals surface area contributed by atoms with E-state index in [0.29, 0.717) is 12.2 Å². The van der Waals surface area contributed by atoms with Crippen LogP contribution in [0.5, 0.6) is 5.75 Å². The molecule has 1 fully saturated rings. The zero-order valence-electron chi connectivity index (χ0n) is 11.9. The first-order chi connectivity index (χ1) is 9.74. The molecule has 2 rings (SSSR count). The molecule has 1 saturated heterocycles. The maximum Gasteiger partial charge on any atom is 0.357 e. The van der Waals surface area contributed by atoms with Gasteiger partial charge in [0.15, 0.2) is 0 Å². The molecule has 6 heteroatoms. The fraction of sp³-hybridized carbons (Fsp3) is 0.467. The van der Waals surface area contributed by atoms with Crippen LogP contribution in [0, 0.1) is 12.5 Å². The third-order valence-corrected chi connectivity index (χ3v) is 3.58. The largest absolute Gasteiger partial charge is 0.469 e. The van der Waals surface area contributed by atoms with Crippen LogP contribution in [0.1, 0.15) is 17.9 Å². The molecule has 21 heavy (non-hydrogen) atoms. The van der Waals surface area contributed by atoms with Gasteiger partial charge in [0.25, 0.3) is 0 Å². The number of carbonyl (C=O) groups excluding carboxylic acids is 1. The highest BCUT2D eigenvalue weighted by Gasteiger charge is 2.30. The molecule has 0 aromatic heterocycles. The van der Waals surface area contributed by atoms with Crippen molar-refractivity contribution in [3.8, 4) is 5.75 Å². The monoisotopic (exact) mass is 310 g/mol. The molecule has 1 N–H and O–H groups in total. The third kappa shape index (κ3) is 4.62. The van der Waals surface area contributed by atoms with E-state index in [9.17, 15) is 4.79 Å². The lowest BCUT2D eigenvalue weighted by Gasteiger charge is -2.18. The average Bonchev–Trinajstić information content (AvgIpc) is 2.93. The number of nitrogens with zero attached hydrogens (tertiary/aromatic N) is 1. The number of methoxy groups -OCH3 is 1. The van der Waals surface area contributed by atoms with Crippen LogP contribution in [-0.4, -0.2) is 32.9 Å². The molecule has 1 aliphatic heterocycles. The second-order valence-electron chi connectivity index (χ2n) is 4.81. The van der Waals surface area contributed by atoms with Crippen LogP contribution in [0.3, 0.4) is 0 Å². The number of hydrogen-bond donors (Lipinski definition) is 1. The molecule has 0 aliphatic carbocycles. The van der Waals surface area contributed by atoms with Crippen molar-refractivity contribution in [3.05, 3.63) is 41.2 Å². The molecule has 0 bridgehead atoms. The number of esters is 1. The van der Waals surface area contributed by atoms with Gasteiger partial charge in [0.1, 0.15) is 5.75 Å². The van der Waals surface area contributed by atoms with Gasteiger partial charge in [-0.05, 0) is 30.2 Å². The van der Waals surface area contributed by atoms with Crippen LogP contribution in [0.15, 0.2) is 24.3 Å². The number of ether oxygens (including phenoxy) is 2. The fourth-order valence-corrected chi connectivity index (χ4v) is 2.58. The Morgan fingerprint density at radius 1 is 1.48 bits per heavy atom. The van der Waals surface area contributed by atoms with Crippen molar-refractivity contribution in [3.63, 3.8) is 0 Å². The van der Waals surface area contributed by atoms with Crippen LogP contribution in [0.4, 0.5) is 0 Å². The van der Waals surface area contributed by atoms with Crippen LogP contribution < -0.4 is 10.1 Å². The smallest absolute Gasteiger partial charge is 0.357 e. The first kappa shape index (κ1) is 17.3. The molecule has 1 aromatic rings. The number of rotatable bonds is 5. The maximum atomic E-state index is 11.4. The number of carbonyl (C=O) groups is 1. The molecular weight excluding hydrogens is 292 g/mol. The number of benzene rings is 1. The van der Waals surface area contributed by atoms with Gasteiger partial charge in [-0.15, -0.1) is 12.4 Å². The summed E-state index contributed by atoms with van der Waals surface area (Å²) in [5.74, 6) is 1.02. The van der Waals surface area contributed by atoms with Crippen molar-refractivity contribution in [1.29, 1.82) is 0 Å². The van der Waals surface area contributed by atoms with E-state index in [1.54, 1.807) is 0 Å². The quantitative estimate of drug-likeness (QED) is 0.669. The maximum absolute atomic E-state index is 11.4. The molecule has 0 saturated carbocycles. The highest BCUT2D eigenvalue weighted by atomic mass is 35.5. The van der Waals surface area contributed by atoms with Crippen LogP contribution in [-0.2, 0) is 9.53 Å². The van der Waals surface area contributed by atoms with Gasteiger partial charge >= 0.3 is 12.7 Å². The van der Waals surface area contributed by atoms with Gasteiger partial charge in [0.2, 0.25) is 0 Å². The Labute approximate surface area is 130 Å². The molecule has 0 spiro atoms. The molecule has 2 atom stereocenters. The highest BCUT2D eigenvalue weighted by molar-refractivity contribution is 5.85. The van der Waals surface area contributed by atoms with Gasteiger partial charge in [0, 0.05) is 12.5 Å². The first-order valence-corrected chi connectivity index (χ1v) is 6.58. The Morgan fingerprint density at radius 3 is 3.00 bits per heavy atom. The molecule has 1 aromatic carbocycles. The predicted octanol–water partition coefficient (Wildman–Crippen LogP) is 2.23. The molecule has 5 nitrogen and oxygen atoms in total. The Hall–Kier alpha value is -1.77. The summed E-state index contributed by atoms with van der Waals surface area (Å²) in [6.45, 7) is 8.42. The van der Waals surface area contributed by atoms with E-state index in [2.05, 4.69) is 10.2 Å². The fourth-order valence-electron chi connectivity index (χ4n) is 2.58. The Balaban J connectivity index is 0.00000220. The summed E-state index contributed by atoms with van der Waals surface area (Å²) in [4.78, 5) is 14.6. The topological polar surface area (TPSA) is 51.9 Å². The average molecular weight is 311 g/mol. The van der Waals surface area contributed by atoms with E-state index in [1.807, 2.05) is 24.3 Å². The number of nitrogens with one attached hydrogen (secondary N) is 1. The normalized spacial score (nSPS) is 20.2. The molecule has 1 heterocycles. The van der Waals surface area contributed by atoms with Gasteiger partial charge in [0.05, 0.1) is 13.5 Å². The van der Waals surface area contributed by atoms with Crippen molar-refractivity contribution < 1.29 is 14.3 Å². The summed E-state index contributed by atoms with van der Waals surface area (Å²) < 4.78 is 10.1. The van der Waals surface area contributed by atoms with Crippen molar-refractivity contribution in [2.45, 2.75) is 12.3 Å². The molecule has 1 aliphatic rings. The zero-order valence-corrected chi connectivity index (χ0v) is 12.7. The van der Waals surface area contributed by atoms with Gasteiger partial charge in [-0.25, -0.2) is 6.57 Å². The van der Waals surface area contributed by atoms with Crippen molar-refractivity contribution in [1.82, 2.24) is 5.32 Å². The van der Waals surface area contributed by atoms with E-state index in [1.165, 1.54) is 7.11 Å². The van der Waals surface area contributed by atoms with Crippen LogP contribution in [0.25, 0.3) is 4.85 Å². The summed E-state index contributed by atoms with van der Waals surface area (Å²) in [7, 11) is 1.42. The summed E-state index contributed by atoms with van der Waals surface area (Å²) >= 11 is 0. The number of hydrogen-bond acceptors (Lipinski definition) is 4. The van der Waals surface area contributed by atoms with E-state index in [4.69, 9.17) is 16.0 Å². The summed E-state index contributed by atoms with van der Waals surface area (Å²) in [6.07, 6.45) is 0.418. The highest BCUT2D eigenvalue weighted by Crippen LogP contribution is 2.32. The molecule has 0 unspecified atom stereocenters. The Bertz CT molecular complexity index is 516. The SMILES string of the molecule is Cl.[C-]#[N+]COc1cccc([C@@H]2CNC[C@@H]2CC(=O)OC)c1. The van der Waals surface area contributed by atoms with Gasteiger partial charge < -0.3 is 14.8 Å². The van der Waals surface area contributed by atoms with E-state index in [-0.39, 0.29) is 36.9 Å². The summed E-state index contributed by atoms with van der Waals surface area (Å²) in [6, 6.07) is 7.74. The summed E-state index contributed by atoms with van der Waals surface area (Å²) in [5, 5.41) is 3.32. The van der Waals surface area contributed by atoms with Crippen LogP contribution >= 0.6 is 12.4 Å². The molecule has 0 radical (unpaired) electrons. The van der Waals surface area contributed by atoms with E-state index < -0.39 is 0 Å². The minimum atomic E-state index is -0.177. The second-order valence-corrected chi connectivity index (χ2v) is 4.81. The molecule has 0 amide bonds. The first-order valence-electron chi connectivity index (χ1n) is 6.58. The molecular formula is C15H19ClN2O3. The zero-order chi connectivity index (χ0) is 14.4. The third-order valence-electron chi connectivity index (χ3n) is 3.58. The lowest BCUT2D eigenvalue weighted by molar-refractivity contribution is -0.141. The standard InChI is InChI=1S/C15H18N2O3.ClH/c1-16-10-20-13-5-3-4-11(6-13)14-9-17-8-12(14)7-15(18)19-2;/h3-6,12,14,17H,7-10H2,2H3;1H/t12-,14-;/m0./s1. The van der Waals surface area contributed by atoms with Crippen molar-refractivity contribution in [2.75, 3.05) is 26.9 Å². The summed E-state index contributed by atoms with van der Waals surface area (Å²) in [5.41, 5.74) is 1.13. The second kappa shape index (κ2) is 8.50. The van der Waals surface area contributed by atoms with Crippen molar-refractivity contribution in [2.24, 2.45) is 5.92 Å². The van der Waals surface area contributed by atoms with Gasteiger partial charge in [-0.2, -0.15) is 0 Å². The minimum Gasteiger partial charge on any atom is -0.469 e. The predicted molar refractivity (Wildman–Crippen MR) is 81.5 cm³/mol. The number of halogens is 1. The Morgan fingerprint density at radius 2 is 2.29 bits per heavy atom. The lowest BCUT2D eigenvalue weighted by Crippen LogP contribution is -2.16. The van der Waals surface area contributed by atoms with Gasteiger partial charge in [-0.3, -0.25) is 9.64 Å². The van der Waals surface area contributed by atoms with Crippen LogP contribution in [0.2, 0.25) is 0 Å². The van der Waals surface area contributed by atoms with E-state index in [0.717, 1.165) is 18.7 Å². The lowest BCUT2D eigenvalue weighted by atomic mass is 9.87. The van der Waals surface area contributed by atoms with Crippen molar-refractivity contribution >= 4 is 18.4 Å².